The summed E-state index contributed by atoms with van der Waals surface area (Å²) in [6.45, 7) is -0.829. The Balaban J connectivity index is -0.0000000131. The number of ether oxygens (including phenoxy) is 1. The van der Waals surface area contributed by atoms with Crippen LogP contribution < -0.4 is 88.7 Å². The molecule has 0 aliphatic carbocycles. The molecular weight excluding hydrogens is 333 g/mol. The van der Waals surface area contributed by atoms with Gasteiger partial charge in [-0.3, -0.25) is 4.79 Å². The molecule has 0 rings (SSSR count). The number of hydrogen-bond acceptors (Lipinski definition) is 4. The molecule has 15 heteroatoms. The van der Waals surface area contributed by atoms with E-state index in [9.17, 15) is 14.4 Å². The summed E-state index contributed by atoms with van der Waals surface area (Å²) in [6, 6.07) is 0. The van der Waals surface area contributed by atoms with Crippen LogP contribution in [0.25, 0.3) is 0 Å². The Kier molecular flexibility index (Phi) is 89.9. The number of rotatable bonds is 6. The fraction of sp³-hybridized carbons (Fsp3) is 0.500. The molecule has 0 aromatic rings. The minimum Gasteiger partial charge on any atom is -1.00 e. The number of carboxylic acid groups (broad SMARTS) is 3. The summed E-state index contributed by atoms with van der Waals surface area (Å²) < 4.78 is 4.30. The molecular formula is C6H21Na3O12. The van der Waals surface area contributed by atoms with Gasteiger partial charge in [-0.1, -0.05) is 0 Å². The summed E-state index contributed by atoms with van der Waals surface area (Å²) in [5.41, 5.74) is 0. The fourth-order valence-electron chi connectivity index (χ4n) is 0.548. The number of aliphatic carboxylic acids is 3. The first-order valence-corrected chi connectivity index (χ1v) is 3.21. The molecule has 0 aliphatic rings. The predicted octanol–water partition coefficient (Wildman–Crippen LogP) is -13.8. The monoisotopic (exact) mass is 354 g/mol. The van der Waals surface area contributed by atoms with Gasteiger partial charge >= 0.3 is 107 Å². The topological polar surface area (TPSA) is 279 Å². The van der Waals surface area contributed by atoms with Crippen molar-refractivity contribution in [3.8, 4) is 0 Å². The normalized spacial score (nSPS) is 7.43. The van der Waals surface area contributed by atoms with Gasteiger partial charge in [0.25, 0.3) is 0 Å². The van der Waals surface area contributed by atoms with Crippen LogP contribution in [0.15, 0.2) is 0 Å². The van der Waals surface area contributed by atoms with Gasteiger partial charge < -0.3 is 51.7 Å². The van der Waals surface area contributed by atoms with Gasteiger partial charge in [0.05, 0.1) is 6.42 Å². The smallest absolute Gasteiger partial charge is 1.00 e. The Bertz CT molecular complexity index is 250. The Morgan fingerprint density at radius 3 is 1.33 bits per heavy atom. The first-order valence-electron chi connectivity index (χ1n) is 3.21. The van der Waals surface area contributed by atoms with Gasteiger partial charge in [0.15, 0.2) is 6.10 Å². The zero-order valence-electron chi connectivity index (χ0n) is 15.0. The summed E-state index contributed by atoms with van der Waals surface area (Å²) in [4.78, 5) is 30.3. The molecule has 0 amide bonds. The SMILES string of the molecule is O.O.O.O.O.O=C(O)COC(CC(=O)O)C(=O)O.[H-].[H-].[H-].[Na+].[Na+].[Na+]. The van der Waals surface area contributed by atoms with Crippen molar-refractivity contribution in [3.63, 3.8) is 0 Å². The third kappa shape index (κ3) is 38.7. The van der Waals surface area contributed by atoms with E-state index in [2.05, 4.69) is 4.74 Å². The van der Waals surface area contributed by atoms with Crippen LogP contribution >= 0.6 is 0 Å². The molecule has 21 heavy (non-hydrogen) atoms. The van der Waals surface area contributed by atoms with E-state index in [1.165, 1.54) is 0 Å². The van der Waals surface area contributed by atoms with Crippen molar-refractivity contribution in [3.05, 3.63) is 0 Å². The summed E-state index contributed by atoms with van der Waals surface area (Å²) in [7, 11) is 0. The maximum Gasteiger partial charge on any atom is 1.00 e. The van der Waals surface area contributed by atoms with Crippen molar-refractivity contribution in [1.29, 1.82) is 0 Å². The average Bonchev–Trinajstić information content (AvgIpc) is 1.96. The summed E-state index contributed by atoms with van der Waals surface area (Å²) in [5, 5.41) is 24.7. The Morgan fingerprint density at radius 2 is 1.14 bits per heavy atom. The second-order valence-electron chi connectivity index (χ2n) is 2.13. The minimum atomic E-state index is -1.62. The predicted molar refractivity (Wildman–Crippen MR) is 58.7 cm³/mol. The molecule has 13 N–H and O–H groups in total. The largest absolute Gasteiger partial charge is 1.00 e. The van der Waals surface area contributed by atoms with Crippen molar-refractivity contribution in [2.24, 2.45) is 0 Å². The first-order chi connectivity index (χ1) is 5.93. The quantitative estimate of drug-likeness (QED) is 0.386. The van der Waals surface area contributed by atoms with Crippen LogP contribution in [-0.4, -0.2) is 73.3 Å². The van der Waals surface area contributed by atoms with Crippen molar-refractivity contribution >= 4 is 17.9 Å². The van der Waals surface area contributed by atoms with Gasteiger partial charge in [0.2, 0.25) is 0 Å². The van der Waals surface area contributed by atoms with Crippen LogP contribution in [0.4, 0.5) is 0 Å². The number of carboxylic acids is 3. The number of carbonyl (C=O) groups is 3. The van der Waals surface area contributed by atoms with Crippen molar-refractivity contribution in [2.45, 2.75) is 12.5 Å². The van der Waals surface area contributed by atoms with Crippen molar-refractivity contribution in [1.82, 2.24) is 0 Å². The second-order valence-corrected chi connectivity index (χ2v) is 2.13. The Labute approximate surface area is 190 Å². The summed E-state index contributed by atoms with van der Waals surface area (Å²) >= 11 is 0. The van der Waals surface area contributed by atoms with Gasteiger partial charge in [0, 0.05) is 0 Å². The van der Waals surface area contributed by atoms with E-state index < -0.39 is 37.0 Å². The van der Waals surface area contributed by atoms with Gasteiger partial charge in [-0.2, -0.15) is 0 Å². The molecule has 1 atom stereocenters. The maximum atomic E-state index is 10.3. The molecule has 0 heterocycles. The van der Waals surface area contributed by atoms with Gasteiger partial charge in [-0.05, 0) is 0 Å². The van der Waals surface area contributed by atoms with Gasteiger partial charge in [0.1, 0.15) is 6.61 Å². The zero-order chi connectivity index (χ0) is 10.4. The van der Waals surface area contributed by atoms with Gasteiger partial charge in [-0.15, -0.1) is 0 Å². The molecule has 0 saturated carbocycles. The van der Waals surface area contributed by atoms with Crippen molar-refractivity contribution < 1.29 is 155 Å². The maximum absolute atomic E-state index is 10.3. The van der Waals surface area contributed by atoms with E-state index in [1.807, 2.05) is 0 Å². The summed E-state index contributed by atoms with van der Waals surface area (Å²) in [5.74, 6) is -4.21. The van der Waals surface area contributed by atoms with Crippen LogP contribution in [-0.2, 0) is 19.1 Å². The van der Waals surface area contributed by atoms with Crippen LogP contribution in [0.2, 0.25) is 0 Å². The molecule has 0 saturated heterocycles. The third-order valence-corrected chi connectivity index (χ3v) is 1.04. The average molecular weight is 354 g/mol. The molecule has 0 bridgehead atoms. The minimum absolute atomic E-state index is 0. The molecule has 0 aromatic carbocycles. The second kappa shape index (κ2) is 32.9. The zero-order valence-corrected chi connectivity index (χ0v) is 18.0. The molecule has 1 unspecified atom stereocenters. The van der Waals surface area contributed by atoms with E-state index in [1.54, 1.807) is 0 Å². The van der Waals surface area contributed by atoms with E-state index in [-0.39, 0.29) is 120 Å². The Hall–Kier alpha value is 1.17. The van der Waals surface area contributed by atoms with Crippen LogP contribution in [0, 0.1) is 0 Å². The third-order valence-electron chi connectivity index (χ3n) is 1.04. The van der Waals surface area contributed by atoms with E-state index >= 15 is 0 Å². The van der Waals surface area contributed by atoms with E-state index in [0.29, 0.717) is 0 Å². The Morgan fingerprint density at radius 1 is 0.810 bits per heavy atom. The molecule has 0 radical (unpaired) electrons. The fourth-order valence-corrected chi connectivity index (χ4v) is 0.548. The first kappa shape index (κ1) is 57.3. The molecule has 12 nitrogen and oxygen atoms in total. The van der Waals surface area contributed by atoms with Crippen LogP contribution in [0.5, 0.6) is 0 Å². The van der Waals surface area contributed by atoms with Gasteiger partial charge in [-0.25, -0.2) is 9.59 Å². The van der Waals surface area contributed by atoms with Crippen LogP contribution in [0.3, 0.4) is 0 Å². The summed E-state index contributed by atoms with van der Waals surface area (Å²) in [6.07, 6.45) is -2.38. The van der Waals surface area contributed by atoms with E-state index in [4.69, 9.17) is 15.3 Å². The molecule has 0 spiro atoms. The van der Waals surface area contributed by atoms with E-state index in [0.717, 1.165) is 0 Å². The van der Waals surface area contributed by atoms with Crippen molar-refractivity contribution in [2.75, 3.05) is 6.61 Å². The molecule has 0 fully saturated rings. The molecule has 120 valence electrons. The molecule has 0 aliphatic heterocycles. The molecule has 0 aromatic heterocycles. The standard InChI is InChI=1S/C6H8O7.3Na.5H2O.3H/c7-4(8)1-3(6(11)12)13-2-5(9)10;;;;;;;;;;;/h3H,1-2H2,(H,7,8)(H,9,10)(H,11,12);;;;5*1H2;;;/q;3*+1;;;;;;3*-1. The number of hydrogen-bond donors (Lipinski definition) is 3. The van der Waals surface area contributed by atoms with Crippen LogP contribution in [0.1, 0.15) is 10.7 Å².